The third-order valence-electron chi connectivity index (χ3n) is 9.02. The fourth-order valence-electron chi connectivity index (χ4n) is 5.79. The van der Waals surface area contributed by atoms with Crippen molar-refractivity contribution in [3.63, 3.8) is 0 Å². The fraction of sp³-hybridized carbons (Fsp3) is 0.756. The van der Waals surface area contributed by atoms with E-state index in [2.05, 4.69) is 50.3 Å². The van der Waals surface area contributed by atoms with Crippen molar-refractivity contribution in [3.05, 3.63) is 60.9 Å². The molecule has 54 heavy (non-hydrogen) atoms. The number of hydrogen-bond acceptors (Lipinski definition) is 7. The zero-order chi connectivity index (χ0) is 39.5. The number of nitrogens with two attached hydrogens (primary N) is 1. The fourth-order valence-corrected chi connectivity index (χ4v) is 6.56. The van der Waals surface area contributed by atoms with E-state index < -0.39 is 19.9 Å². The highest BCUT2D eigenvalue weighted by Gasteiger charge is 2.25. The Morgan fingerprint density at radius 2 is 1.00 bits per heavy atom. The normalized spacial score (nSPS) is 14.0. The van der Waals surface area contributed by atoms with Crippen LogP contribution in [0, 0.1) is 0 Å². The molecule has 314 valence electrons. The summed E-state index contributed by atoms with van der Waals surface area (Å²) in [6.45, 7) is 4.14. The third-order valence-corrected chi connectivity index (χ3v) is 10.00. The average Bonchev–Trinajstić information content (AvgIpc) is 3.16. The predicted molar refractivity (Wildman–Crippen MR) is 228 cm³/mol. The lowest BCUT2D eigenvalue weighted by Crippen LogP contribution is -2.27. The first kappa shape index (κ1) is 52.0. The molecule has 9 heteroatoms. The Kier molecular flexibility index (Phi) is 40.7. The van der Waals surface area contributed by atoms with Crippen molar-refractivity contribution in [2.24, 2.45) is 5.73 Å². The molecule has 0 aliphatic rings. The van der Waals surface area contributed by atoms with Crippen LogP contribution in [0.1, 0.15) is 187 Å². The monoisotopic (exact) mass is 780 g/mol. The molecular formula is C45H82NO7P. The molecule has 0 fully saturated rings. The van der Waals surface area contributed by atoms with E-state index >= 15 is 0 Å². The molecule has 0 radical (unpaired) electrons. The Hall–Kier alpha value is -1.96. The van der Waals surface area contributed by atoms with Gasteiger partial charge in [-0.3, -0.25) is 13.8 Å². The van der Waals surface area contributed by atoms with Crippen molar-refractivity contribution in [1.82, 2.24) is 0 Å². The van der Waals surface area contributed by atoms with E-state index in [0.717, 1.165) is 32.1 Å². The van der Waals surface area contributed by atoms with E-state index in [1.807, 2.05) is 18.2 Å². The molecule has 0 aliphatic heterocycles. The van der Waals surface area contributed by atoms with Crippen molar-refractivity contribution < 1.29 is 32.8 Å². The number of carbonyl (C=O) groups is 1. The first-order chi connectivity index (χ1) is 26.4. The van der Waals surface area contributed by atoms with E-state index in [1.165, 1.54) is 128 Å². The van der Waals surface area contributed by atoms with Gasteiger partial charge in [-0.25, -0.2) is 4.57 Å². The van der Waals surface area contributed by atoms with Crippen LogP contribution in [0.15, 0.2) is 60.9 Å². The van der Waals surface area contributed by atoms with Gasteiger partial charge in [0.1, 0.15) is 6.61 Å². The molecule has 2 unspecified atom stereocenters. The molecule has 8 nitrogen and oxygen atoms in total. The Bertz CT molecular complexity index is 1010. The van der Waals surface area contributed by atoms with Gasteiger partial charge in [-0.05, 0) is 57.4 Å². The molecule has 0 rings (SSSR count). The summed E-state index contributed by atoms with van der Waals surface area (Å²) in [4.78, 5) is 22.4. The van der Waals surface area contributed by atoms with Gasteiger partial charge in [0.15, 0.2) is 6.10 Å². The molecule has 0 aromatic heterocycles. The summed E-state index contributed by atoms with van der Waals surface area (Å²) in [5, 5.41) is 0. The molecule has 0 heterocycles. The number of phosphoric ester groups is 1. The van der Waals surface area contributed by atoms with Crippen molar-refractivity contribution in [2.75, 3.05) is 26.4 Å². The third kappa shape index (κ3) is 41.2. The summed E-state index contributed by atoms with van der Waals surface area (Å²) in [5.41, 5.74) is 5.36. The minimum atomic E-state index is -4.31. The second-order valence-electron chi connectivity index (χ2n) is 14.3. The van der Waals surface area contributed by atoms with Crippen LogP contribution in [0.3, 0.4) is 0 Å². The van der Waals surface area contributed by atoms with Gasteiger partial charge >= 0.3 is 13.8 Å². The molecule has 3 N–H and O–H groups in total. The second-order valence-corrected chi connectivity index (χ2v) is 15.7. The quantitative estimate of drug-likeness (QED) is 0.0207. The molecular weight excluding hydrogens is 697 g/mol. The highest BCUT2D eigenvalue weighted by molar-refractivity contribution is 7.47. The first-order valence-electron chi connectivity index (χ1n) is 21.8. The average molecular weight is 780 g/mol. The number of phosphoric acid groups is 1. The van der Waals surface area contributed by atoms with Crippen LogP contribution in [0.2, 0.25) is 0 Å². The highest BCUT2D eigenvalue weighted by Crippen LogP contribution is 2.43. The molecule has 0 aromatic carbocycles. The smallest absolute Gasteiger partial charge is 0.472 e. The molecule has 0 saturated heterocycles. The van der Waals surface area contributed by atoms with E-state index in [9.17, 15) is 14.3 Å². The maximum atomic E-state index is 12.5. The lowest BCUT2D eigenvalue weighted by Gasteiger charge is -2.19. The Morgan fingerprint density at radius 3 is 1.50 bits per heavy atom. The number of esters is 1. The topological polar surface area (TPSA) is 117 Å². The molecule has 0 amide bonds. The van der Waals surface area contributed by atoms with E-state index in [-0.39, 0.29) is 32.8 Å². The molecule has 0 aliphatic carbocycles. The van der Waals surface area contributed by atoms with Crippen molar-refractivity contribution in [2.45, 2.75) is 193 Å². The van der Waals surface area contributed by atoms with Gasteiger partial charge in [-0.2, -0.15) is 0 Å². The van der Waals surface area contributed by atoms with Crippen LogP contribution in [0.25, 0.3) is 0 Å². The van der Waals surface area contributed by atoms with Gasteiger partial charge in [0.2, 0.25) is 0 Å². The number of rotatable bonds is 41. The number of allylic oxidation sites excluding steroid dienone is 9. The lowest BCUT2D eigenvalue weighted by molar-refractivity contribution is -0.153. The van der Waals surface area contributed by atoms with E-state index in [1.54, 1.807) is 6.26 Å². The summed E-state index contributed by atoms with van der Waals surface area (Å²) in [6.07, 6.45) is 52.1. The van der Waals surface area contributed by atoms with Gasteiger partial charge in [0, 0.05) is 13.0 Å². The number of carbonyl (C=O) groups excluding carboxylic acids is 1. The first-order valence-corrected chi connectivity index (χ1v) is 23.3. The summed E-state index contributed by atoms with van der Waals surface area (Å²) >= 11 is 0. The number of unbranched alkanes of at least 4 members (excludes halogenated alkanes) is 20. The molecule has 0 saturated carbocycles. The SMILES string of the molecule is CCCCCCC=CCC=CCC=CCC=CCCC(=O)OC(COC=CCCCCCCCCCCCCCCCCCC)COP(=O)(O)OCCN. The van der Waals surface area contributed by atoms with Crippen LogP contribution in [-0.4, -0.2) is 43.3 Å². The zero-order valence-corrected chi connectivity index (χ0v) is 35.6. The van der Waals surface area contributed by atoms with Crippen LogP contribution in [0.5, 0.6) is 0 Å². The van der Waals surface area contributed by atoms with Gasteiger partial charge in [-0.1, -0.05) is 178 Å². The molecule has 0 spiro atoms. The minimum Gasteiger partial charge on any atom is -0.498 e. The standard InChI is InChI=1S/C45H82NO7P/c1-3-5-7-9-11-13-15-17-19-21-23-25-27-29-31-33-35-37-40-50-42-44(43-52-54(48,49)51-41-39-46)53-45(47)38-36-34-32-30-28-26-24-22-20-18-16-14-12-10-8-6-4-2/h14,16,20,22,26,28,32,34,37,40,44H,3-13,15,17-19,21,23-25,27,29-31,33,35-36,38-39,41-43,46H2,1-2H3,(H,48,49). The van der Waals surface area contributed by atoms with Crippen LogP contribution < -0.4 is 5.73 Å². The van der Waals surface area contributed by atoms with Crippen LogP contribution in [0.4, 0.5) is 0 Å². The Morgan fingerprint density at radius 1 is 0.574 bits per heavy atom. The van der Waals surface area contributed by atoms with Gasteiger partial charge in [0.25, 0.3) is 0 Å². The Labute approximate surface area is 332 Å². The van der Waals surface area contributed by atoms with Crippen LogP contribution in [-0.2, 0) is 27.9 Å². The highest BCUT2D eigenvalue weighted by atomic mass is 31.2. The summed E-state index contributed by atoms with van der Waals surface area (Å²) < 4.78 is 33.1. The van der Waals surface area contributed by atoms with Gasteiger partial charge in [0.05, 0.1) is 19.5 Å². The molecule has 2 atom stereocenters. The van der Waals surface area contributed by atoms with Gasteiger partial charge < -0.3 is 20.1 Å². The number of ether oxygens (including phenoxy) is 2. The summed E-state index contributed by atoms with van der Waals surface area (Å²) in [7, 11) is -4.31. The van der Waals surface area contributed by atoms with Gasteiger partial charge in [-0.15, -0.1) is 0 Å². The second kappa shape index (κ2) is 42.2. The van der Waals surface area contributed by atoms with Crippen molar-refractivity contribution in [3.8, 4) is 0 Å². The van der Waals surface area contributed by atoms with E-state index in [4.69, 9.17) is 24.3 Å². The summed E-state index contributed by atoms with van der Waals surface area (Å²) in [5.74, 6) is -0.430. The zero-order valence-electron chi connectivity index (χ0n) is 34.7. The maximum Gasteiger partial charge on any atom is 0.472 e. The molecule has 0 bridgehead atoms. The lowest BCUT2D eigenvalue weighted by atomic mass is 10.0. The predicted octanol–water partition coefficient (Wildman–Crippen LogP) is 13.3. The minimum absolute atomic E-state index is 0.00248. The van der Waals surface area contributed by atoms with Crippen LogP contribution >= 0.6 is 7.82 Å². The van der Waals surface area contributed by atoms with Crippen molar-refractivity contribution >= 4 is 13.8 Å². The Balaban J connectivity index is 4.19. The molecule has 0 aromatic rings. The maximum absolute atomic E-state index is 12.5. The van der Waals surface area contributed by atoms with E-state index in [0.29, 0.717) is 6.42 Å². The largest absolute Gasteiger partial charge is 0.498 e. The number of hydrogen-bond donors (Lipinski definition) is 2. The van der Waals surface area contributed by atoms with Crippen molar-refractivity contribution in [1.29, 1.82) is 0 Å². The summed E-state index contributed by atoms with van der Waals surface area (Å²) in [6, 6.07) is 0.